The predicted octanol–water partition coefficient (Wildman–Crippen LogP) is 14.2. The summed E-state index contributed by atoms with van der Waals surface area (Å²) in [5.74, 6) is 1.80. The fraction of sp³-hybridized carbons (Fsp3) is 0.189. The topological polar surface area (TPSA) is 56.7 Å². The minimum Gasteiger partial charge on any atom is -0.500 e. The molecule has 0 spiro atoms. The Hall–Kier alpha value is -5.94. The molecule has 10 aromatic rings. The van der Waals surface area contributed by atoms with E-state index in [2.05, 4.69) is 178 Å². The van der Waals surface area contributed by atoms with Gasteiger partial charge in [-0.3, -0.25) is 9.97 Å². The quantitative estimate of drug-likeness (QED) is 0.127. The fourth-order valence-corrected chi connectivity index (χ4v) is 8.06. The molecule has 0 aliphatic heterocycles. The van der Waals surface area contributed by atoms with Crippen LogP contribution in [-0.2, 0) is 25.5 Å². The van der Waals surface area contributed by atoms with Crippen molar-refractivity contribution in [3.63, 3.8) is 0 Å². The van der Waals surface area contributed by atoms with Crippen molar-refractivity contribution in [3.05, 3.63) is 169 Å². The SMILES string of the molecule is CC(C)(C)c1cnc(-c2[c-]ccc3c2oc2c3ccc3c4ccccc4ccc32)cn1.CC(C)c1cccc(C(C)C)c1-n1c(-c2[c-]cccc2)nc2ccccc21.[Ir]. The van der Waals surface area contributed by atoms with Crippen molar-refractivity contribution in [1.82, 2.24) is 19.5 Å². The third-order valence-electron chi connectivity index (χ3n) is 11.1. The van der Waals surface area contributed by atoms with E-state index in [0.29, 0.717) is 11.8 Å². The van der Waals surface area contributed by atoms with Crippen LogP contribution in [0.2, 0.25) is 0 Å². The second-order valence-corrected chi connectivity index (χ2v) is 16.7. The molecule has 0 atom stereocenters. The normalized spacial score (nSPS) is 11.8. The molecular weight excluding hydrogens is 901 g/mol. The predicted molar refractivity (Wildman–Crippen MR) is 241 cm³/mol. The van der Waals surface area contributed by atoms with Crippen molar-refractivity contribution in [2.75, 3.05) is 0 Å². The molecule has 0 unspecified atom stereocenters. The summed E-state index contributed by atoms with van der Waals surface area (Å²) in [5.41, 5.74) is 11.4. The van der Waals surface area contributed by atoms with E-state index >= 15 is 0 Å². The van der Waals surface area contributed by atoms with Crippen molar-refractivity contribution >= 4 is 54.5 Å². The maximum atomic E-state index is 6.50. The van der Waals surface area contributed by atoms with Gasteiger partial charge in [-0.2, -0.15) is 0 Å². The van der Waals surface area contributed by atoms with Crippen molar-refractivity contribution in [2.24, 2.45) is 0 Å². The smallest absolute Gasteiger partial charge is 0.128 e. The molecule has 0 fully saturated rings. The van der Waals surface area contributed by atoms with Gasteiger partial charge in [0.2, 0.25) is 0 Å². The molecule has 3 heterocycles. The molecule has 295 valence electrons. The van der Waals surface area contributed by atoms with Gasteiger partial charge in [0.25, 0.3) is 0 Å². The summed E-state index contributed by atoms with van der Waals surface area (Å²) in [6.07, 6.45) is 3.68. The number of hydrogen-bond donors (Lipinski definition) is 0. The molecule has 1 radical (unpaired) electrons. The number of nitrogens with zero attached hydrogens (tertiary/aromatic N) is 4. The number of imidazole rings is 1. The Morgan fingerprint density at radius 1 is 0.593 bits per heavy atom. The van der Waals surface area contributed by atoms with Crippen LogP contribution < -0.4 is 0 Å². The third-order valence-corrected chi connectivity index (χ3v) is 11.1. The van der Waals surface area contributed by atoms with E-state index in [1.807, 2.05) is 36.7 Å². The summed E-state index contributed by atoms with van der Waals surface area (Å²) in [6, 6.07) is 51.0. The first-order valence-corrected chi connectivity index (χ1v) is 20.2. The molecule has 0 saturated heterocycles. The van der Waals surface area contributed by atoms with Gasteiger partial charge in [0, 0.05) is 60.1 Å². The summed E-state index contributed by atoms with van der Waals surface area (Å²) in [7, 11) is 0. The Morgan fingerprint density at radius 2 is 1.27 bits per heavy atom. The first-order valence-electron chi connectivity index (χ1n) is 20.2. The van der Waals surface area contributed by atoms with Crippen molar-refractivity contribution in [3.8, 4) is 28.3 Å². The van der Waals surface area contributed by atoms with E-state index in [4.69, 9.17) is 9.40 Å². The molecule has 0 bridgehead atoms. The van der Waals surface area contributed by atoms with E-state index in [9.17, 15) is 0 Å². The molecule has 0 N–H and O–H groups in total. The second-order valence-electron chi connectivity index (χ2n) is 16.7. The zero-order valence-electron chi connectivity index (χ0n) is 34.5. The van der Waals surface area contributed by atoms with Crippen molar-refractivity contribution < 1.29 is 24.5 Å². The van der Waals surface area contributed by atoms with E-state index in [0.717, 1.165) is 66.7 Å². The summed E-state index contributed by atoms with van der Waals surface area (Å²) >= 11 is 0. The van der Waals surface area contributed by atoms with Crippen LogP contribution in [0.3, 0.4) is 0 Å². The van der Waals surface area contributed by atoms with Crippen molar-refractivity contribution in [1.29, 1.82) is 0 Å². The Morgan fingerprint density at radius 3 is 1.98 bits per heavy atom. The first-order chi connectivity index (χ1) is 28.1. The van der Waals surface area contributed by atoms with Gasteiger partial charge in [0.1, 0.15) is 5.58 Å². The van der Waals surface area contributed by atoms with Gasteiger partial charge < -0.3 is 14.0 Å². The molecule has 5 nitrogen and oxygen atoms in total. The minimum absolute atomic E-state index is 0. The van der Waals surface area contributed by atoms with Crippen LogP contribution in [0.25, 0.3) is 82.8 Å². The zero-order valence-corrected chi connectivity index (χ0v) is 36.9. The summed E-state index contributed by atoms with van der Waals surface area (Å²) in [5, 5.41) is 6.95. The second kappa shape index (κ2) is 16.0. The molecule has 7 aromatic carbocycles. The van der Waals surface area contributed by atoms with Gasteiger partial charge in [0.15, 0.2) is 0 Å². The van der Waals surface area contributed by atoms with Crippen LogP contribution in [0.1, 0.15) is 77.1 Å². The Bertz CT molecular complexity index is 3070. The van der Waals surface area contributed by atoms with Gasteiger partial charge in [-0.25, -0.2) is 0 Å². The number of hydrogen-bond acceptors (Lipinski definition) is 4. The largest absolute Gasteiger partial charge is 0.500 e. The van der Waals surface area contributed by atoms with E-state index in [1.54, 1.807) is 0 Å². The average Bonchev–Trinajstić information content (AvgIpc) is 3.83. The number of benzene rings is 7. The van der Waals surface area contributed by atoms with E-state index in [-0.39, 0.29) is 25.5 Å². The molecule has 6 heteroatoms. The summed E-state index contributed by atoms with van der Waals surface area (Å²) in [6.45, 7) is 15.5. The van der Waals surface area contributed by atoms with Gasteiger partial charge >= 0.3 is 0 Å². The summed E-state index contributed by atoms with van der Waals surface area (Å²) in [4.78, 5) is 14.3. The van der Waals surface area contributed by atoms with Gasteiger partial charge in [-0.05, 0) is 51.3 Å². The Labute approximate surface area is 359 Å². The molecule has 3 aromatic heterocycles. The van der Waals surface area contributed by atoms with Crippen LogP contribution in [0.15, 0.2) is 144 Å². The maximum Gasteiger partial charge on any atom is 0.128 e. The molecule has 10 rings (SSSR count). The van der Waals surface area contributed by atoms with Crippen LogP contribution >= 0.6 is 0 Å². The maximum absolute atomic E-state index is 6.50. The molecule has 0 aliphatic carbocycles. The number of rotatable bonds is 5. The molecule has 0 saturated carbocycles. The summed E-state index contributed by atoms with van der Waals surface area (Å²) < 4.78 is 8.84. The van der Waals surface area contributed by atoms with E-state index in [1.165, 1.54) is 33.0 Å². The third kappa shape index (κ3) is 7.26. The van der Waals surface area contributed by atoms with Crippen LogP contribution in [0, 0.1) is 12.1 Å². The van der Waals surface area contributed by atoms with Gasteiger partial charge in [-0.1, -0.05) is 138 Å². The Kier molecular flexibility index (Phi) is 10.8. The van der Waals surface area contributed by atoms with Crippen LogP contribution in [0.5, 0.6) is 0 Å². The first kappa shape index (κ1) is 39.9. The number of furan rings is 1. The Balaban J connectivity index is 0.000000163. The van der Waals surface area contributed by atoms with Crippen LogP contribution in [0.4, 0.5) is 0 Å². The van der Waals surface area contributed by atoms with Crippen LogP contribution in [-0.4, -0.2) is 19.5 Å². The standard InChI is InChI=1S/C28H21N2O.C25H25N2.Ir/c1-28(2,3)25-16-29-24(15-30-25)23-10-6-9-20-22-14-13-19-18-8-5-4-7-17(18)11-12-21(19)26(22)31-27(20)23;1-17(2)20-13-10-14-21(18(3)4)24(20)27-23-16-9-8-15-22(23)26-25(27)19-11-6-5-7-12-19;/h4-9,11-16H,1-3H3;5-11,13-18H,1-4H3;/q2*-1;. The van der Waals surface area contributed by atoms with E-state index < -0.39 is 0 Å². The minimum atomic E-state index is -0.0394. The molecular formula is C53H46IrN4O-2. The number of aromatic nitrogens is 4. The average molecular weight is 947 g/mol. The van der Waals surface area contributed by atoms with Gasteiger partial charge in [0.05, 0.1) is 28.1 Å². The zero-order chi connectivity index (χ0) is 40.1. The number of para-hydroxylation sites is 3. The molecule has 0 aliphatic rings. The van der Waals surface area contributed by atoms with Crippen molar-refractivity contribution in [2.45, 2.75) is 65.7 Å². The molecule has 0 amide bonds. The number of fused-ring (bicyclic) bond motifs is 8. The van der Waals surface area contributed by atoms with Gasteiger partial charge in [-0.15, -0.1) is 54.1 Å². The fourth-order valence-electron chi connectivity index (χ4n) is 8.06. The monoisotopic (exact) mass is 947 g/mol. The molecule has 59 heavy (non-hydrogen) atoms.